The molecule has 0 aromatic carbocycles. The Bertz CT molecular complexity index is 358. The second-order valence-electron chi connectivity index (χ2n) is 3.76. The van der Waals surface area contributed by atoms with Gasteiger partial charge < -0.3 is 5.73 Å². The molecule has 2 atom stereocenters. The highest BCUT2D eigenvalue weighted by atomic mass is 35.5. The van der Waals surface area contributed by atoms with Crippen molar-refractivity contribution in [2.24, 2.45) is 11.7 Å². The highest BCUT2D eigenvalue weighted by Gasteiger charge is 2.20. The fraction of sp³-hybridized carbons (Fsp3) is 0.700. The molecular formula is C10H19ClN4OS. The number of nitrogens with two attached hydrogens (primary N) is 1. The Morgan fingerprint density at radius 2 is 2.12 bits per heavy atom. The summed E-state index contributed by atoms with van der Waals surface area (Å²) in [6, 6.07) is -0.487. The van der Waals surface area contributed by atoms with Crippen LogP contribution in [0.2, 0.25) is 0 Å². The average Bonchev–Trinajstić information content (AvgIpc) is 2.74. The predicted octanol–water partition coefficient (Wildman–Crippen LogP) is 1.83. The van der Waals surface area contributed by atoms with E-state index in [9.17, 15) is 4.79 Å². The zero-order chi connectivity index (χ0) is 12.1. The number of nitrogens with one attached hydrogen (secondary N) is 1. The second-order valence-corrected chi connectivity index (χ2v) is 4.82. The molecular weight excluding hydrogens is 260 g/mol. The summed E-state index contributed by atoms with van der Waals surface area (Å²) in [5, 5.41) is 11.9. The molecule has 0 aliphatic heterocycles. The standard InChI is InChI=1S/C10H18N4OS.ClH/c1-4-6(3)8(11)9(15)12-10-14-13-7(5-2)16-10;/h6,8H,4-5,11H2,1-3H3,(H,12,14,15);1H. The van der Waals surface area contributed by atoms with Gasteiger partial charge in [-0.05, 0) is 12.3 Å². The summed E-state index contributed by atoms with van der Waals surface area (Å²) in [5.41, 5.74) is 5.80. The molecule has 3 N–H and O–H groups in total. The Labute approximate surface area is 112 Å². The predicted molar refractivity (Wildman–Crippen MR) is 72.6 cm³/mol. The Morgan fingerprint density at radius 1 is 1.47 bits per heavy atom. The van der Waals surface area contributed by atoms with E-state index in [1.165, 1.54) is 11.3 Å². The van der Waals surface area contributed by atoms with E-state index in [1.807, 2.05) is 20.8 Å². The minimum atomic E-state index is -0.487. The highest BCUT2D eigenvalue weighted by Crippen LogP contribution is 2.16. The number of nitrogens with zero attached hydrogens (tertiary/aromatic N) is 2. The zero-order valence-electron chi connectivity index (χ0n) is 10.3. The van der Waals surface area contributed by atoms with Gasteiger partial charge in [-0.3, -0.25) is 10.1 Å². The highest BCUT2D eigenvalue weighted by molar-refractivity contribution is 7.15. The van der Waals surface area contributed by atoms with Crippen LogP contribution in [-0.4, -0.2) is 22.1 Å². The minimum Gasteiger partial charge on any atom is -0.320 e. The first kappa shape index (κ1) is 16.3. The summed E-state index contributed by atoms with van der Waals surface area (Å²) in [6.07, 6.45) is 1.70. The molecule has 5 nitrogen and oxygen atoms in total. The van der Waals surface area contributed by atoms with E-state index in [-0.39, 0.29) is 24.2 Å². The minimum absolute atomic E-state index is 0. The normalized spacial score (nSPS) is 13.6. The molecule has 1 aromatic rings. The van der Waals surface area contributed by atoms with Crippen LogP contribution in [0.25, 0.3) is 0 Å². The Hall–Kier alpha value is -0.720. The van der Waals surface area contributed by atoms with Gasteiger partial charge in [0.1, 0.15) is 5.01 Å². The fourth-order valence-electron chi connectivity index (χ4n) is 1.15. The fourth-order valence-corrected chi connectivity index (χ4v) is 1.83. The van der Waals surface area contributed by atoms with Crippen molar-refractivity contribution >= 4 is 34.8 Å². The van der Waals surface area contributed by atoms with Gasteiger partial charge in [0.15, 0.2) is 0 Å². The van der Waals surface area contributed by atoms with Crippen molar-refractivity contribution in [3.05, 3.63) is 5.01 Å². The SMILES string of the molecule is CCc1nnc(NC(=O)C(N)C(C)CC)s1.Cl. The van der Waals surface area contributed by atoms with Gasteiger partial charge in [-0.15, -0.1) is 22.6 Å². The van der Waals surface area contributed by atoms with Crippen molar-refractivity contribution in [3.8, 4) is 0 Å². The zero-order valence-corrected chi connectivity index (χ0v) is 11.9. The molecule has 0 radical (unpaired) electrons. The Morgan fingerprint density at radius 3 is 2.59 bits per heavy atom. The van der Waals surface area contributed by atoms with E-state index in [0.717, 1.165) is 17.8 Å². The number of carbonyl (C=O) groups is 1. The summed E-state index contributed by atoms with van der Waals surface area (Å²) in [4.78, 5) is 11.7. The third-order valence-corrected chi connectivity index (χ3v) is 3.54. The summed E-state index contributed by atoms with van der Waals surface area (Å²) >= 11 is 1.39. The number of hydrogen-bond acceptors (Lipinski definition) is 5. The van der Waals surface area contributed by atoms with Gasteiger partial charge in [0.05, 0.1) is 6.04 Å². The number of carbonyl (C=O) groups excluding carboxylic acids is 1. The van der Waals surface area contributed by atoms with Gasteiger partial charge in [0.25, 0.3) is 0 Å². The maximum Gasteiger partial charge on any atom is 0.243 e. The van der Waals surface area contributed by atoms with Gasteiger partial charge in [-0.25, -0.2) is 0 Å². The molecule has 1 aromatic heterocycles. The number of hydrogen-bond donors (Lipinski definition) is 2. The third kappa shape index (κ3) is 4.57. The van der Waals surface area contributed by atoms with Crippen LogP contribution in [0.15, 0.2) is 0 Å². The number of rotatable bonds is 5. The lowest BCUT2D eigenvalue weighted by Crippen LogP contribution is -2.40. The molecule has 0 saturated heterocycles. The van der Waals surface area contributed by atoms with Crippen molar-refractivity contribution in [1.82, 2.24) is 10.2 Å². The van der Waals surface area contributed by atoms with Crippen molar-refractivity contribution in [2.45, 2.75) is 39.7 Å². The van der Waals surface area contributed by atoms with Crippen LogP contribution in [0.5, 0.6) is 0 Å². The van der Waals surface area contributed by atoms with Gasteiger partial charge in [0, 0.05) is 0 Å². The number of amides is 1. The first-order chi connectivity index (χ1) is 7.58. The molecule has 98 valence electrons. The average molecular weight is 279 g/mol. The third-order valence-electron chi connectivity index (χ3n) is 2.56. The summed E-state index contributed by atoms with van der Waals surface area (Å²) < 4.78 is 0. The molecule has 1 rings (SSSR count). The molecule has 0 aliphatic rings. The summed E-state index contributed by atoms with van der Waals surface area (Å²) in [7, 11) is 0. The van der Waals surface area contributed by atoms with E-state index in [1.54, 1.807) is 0 Å². The summed E-state index contributed by atoms with van der Waals surface area (Å²) in [6.45, 7) is 5.97. The van der Waals surface area contributed by atoms with Crippen LogP contribution in [-0.2, 0) is 11.2 Å². The molecule has 17 heavy (non-hydrogen) atoms. The van der Waals surface area contributed by atoms with Crippen molar-refractivity contribution in [2.75, 3.05) is 5.32 Å². The van der Waals surface area contributed by atoms with Gasteiger partial charge in [0.2, 0.25) is 11.0 Å². The van der Waals surface area contributed by atoms with E-state index in [2.05, 4.69) is 15.5 Å². The van der Waals surface area contributed by atoms with Crippen LogP contribution in [0.4, 0.5) is 5.13 Å². The van der Waals surface area contributed by atoms with E-state index in [0.29, 0.717) is 5.13 Å². The van der Waals surface area contributed by atoms with Gasteiger partial charge in [-0.2, -0.15) is 0 Å². The number of anilines is 1. The first-order valence-electron chi connectivity index (χ1n) is 5.47. The van der Waals surface area contributed by atoms with Gasteiger partial charge in [-0.1, -0.05) is 38.5 Å². The number of halogens is 1. The van der Waals surface area contributed by atoms with Crippen molar-refractivity contribution in [1.29, 1.82) is 0 Å². The topological polar surface area (TPSA) is 80.9 Å². The molecule has 0 saturated carbocycles. The van der Waals surface area contributed by atoms with Crippen LogP contribution in [0.3, 0.4) is 0 Å². The number of aryl methyl sites for hydroxylation is 1. The van der Waals surface area contributed by atoms with Gasteiger partial charge >= 0.3 is 0 Å². The molecule has 1 amide bonds. The lowest BCUT2D eigenvalue weighted by Gasteiger charge is -2.16. The summed E-state index contributed by atoms with van der Waals surface area (Å²) in [5.74, 6) is -0.0216. The van der Waals surface area contributed by atoms with Crippen LogP contribution in [0, 0.1) is 5.92 Å². The molecule has 0 aliphatic carbocycles. The van der Waals surface area contributed by atoms with E-state index in [4.69, 9.17) is 5.73 Å². The Balaban J connectivity index is 0.00000256. The van der Waals surface area contributed by atoms with E-state index >= 15 is 0 Å². The monoisotopic (exact) mass is 278 g/mol. The quantitative estimate of drug-likeness (QED) is 0.861. The van der Waals surface area contributed by atoms with Crippen molar-refractivity contribution in [3.63, 3.8) is 0 Å². The smallest absolute Gasteiger partial charge is 0.243 e. The van der Waals surface area contributed by atoms with Crippen LogP contribution >= 0.6 is 23.7 Å². The second kappa shape index (κ2) is 7.58. The number of aromatic nitrogens is 2. The maximum absolute atomic E-state index is 11.7. The van der Waals surface area contributed by atoms with Crippen molar-refractivity contribution < 1.29 is 4.79 Å². The molecule has 7 heteroatoms. The van der Waals surface area contributed by atoms with Crippen LogP contribution in [0.1, 0.15) is 32.2 Å². The Kier molecular flexibility index (Phi) is 7.26. The molecule has 0 fully saturated rings. The molecule has 1 heterocycles. The maximum atomic E-state index is 11.7. The lowest BCUT2D eigenvalue weighted by atomic mass is 10.00. The molecule has 2 unspecified atom stereocenters. The first-order valence-corrected chi connectivity index (χ1v) is 6.28. The molecule has 0 spiro atoms. The largest absolute Gasteiger partial charge is 0.320 e. The van der Waals surface area contributed by atoms with Crippen LogP contribution < -0.4 is 11.1 Å². The van der Waals surface area contributed by atoms with E-state index < -0.39 is 6.04 Å². The lowest BCUT2D eigenvalue weighted by molar-refractivity contribution is -0.118. The molecule has 0 bridgehead atoms.